The van der Waals surface area contributed by atoms with Crippen molar-refractivity contribution in [2.75, 3.05) is 5.73 Å². The van der Waals surface area contributed by atoms with Crippen LogP contribution in [0.25, 0.3) is 44.2 Å². The van der Waals surface area contributed by atoms with Gasteiger partial charge in [-0.2, -0.15) is 10.4 Å². The summed E-state index contributed by atoms with van der Waals surface area (Å²) in [6.07, 6.45) is 5.25. The Morgan fingerprint density at radius 1 is 0.935 bits per heavy atom. The van der Waals surface area contributed by atoms with Gasteiger partial charge in [0, 0.05) is 34.3 Å². The van der Waals surface area contributed by atoms with Crippen molar-refractivity contribution in [2.45, 2.75) is 19.3 Å². The van der Waals surface area contributed by atoms with Crippen LogP contribution in [-0.4, -0.2) is 20.2 Å². The first-order chi connectivity index (χ1) is 15.0. The highest BCUT2D eigenvalue weighted by Gasteiger charge is 2.20. The number of hydrogen-bond acceptors (Lipinski definition) is 5. The second-order valence-corrected chi connectivity index (χ2v) is 8.17. The smallest absolute Gasteiger partial charge is 0.101 e. The van der Waals surface area contributed by atoms with Gasteiger partial charge in [0.1, 0.15) is 5.69 Å². The van der Waals surface area contributed by atoms with E-state index in [0.717, 1.165) is 49.8 Å². The lowest BCUT2D eigenvalue weighted by atomic mass is 9.86. The number of anilines is 1. The number of pyridine rings is 2. The van der Waals surface area contributed by atoms with Gasteiger partial charge in [-0.05, 0) is 43.2 Å². The summed E-state index contributed by atoms with van der Waals surface area (Å²) >= 11 is 0. The Kier molecular flexibility index (Phi) is 4.19. The highest BCUT2D eigenvalue weighted by molar-refractivity contribution is 6.11. The molecular formula is C25H20N6. The minimum atomic E-state index is -0.538. The summed E-state index contributed by atoms with van der Waals surface area (Å²) in [6.45, 7) is 3.83. The number of fused-ring (bicyclic) bond motifs is 3. The molecule has 2 aromatic carbocycles. The summed E-state index contributed by atoms with van der Waals surface area (Å²) < 4.78 is 0. The van der Waals surface area contributed by atoms with Crippen molar-refractivity contribution in [3.05, 3.63) is 72.7 Å². The summed E-state index contributed by atoms with van der Waals surface area (Å²) in [7, 11) is 0. The van der Waals surface area contributed by atoms with Crippen molar-refractivity contribution in [2.24, 2.45) is 0 Å². The van der Waals surface area contributed by atoms with Crippen LogP contribution in [0.5, 0.6) is 0 Å². The molecule has 0 aliphatic heterocycles. The number of nitrogens with zero attached hydrogens (tertiary/aromatic N) is 4. The molecule has 3 heterocycles. The van der Waals surface area contributed by atoms with Crippen LogP contribution < -0.4 is 5.73 Å². The number of hydrogen-bond donors (Lipinski definition) is 2. The molecule has 6 nitrogen and oxygen atoms in total. The molecule has 5 aromatic rings. The van der Waals surface area contributed by atoms with Crippen molar-refractivity contribution in [3.8, 4) is 28.5 Å². The zero-order valence-electron chi connectivity index (χ0n) is 17.2. The maximum atomic E-state index is 9.41. The number of nitriles is 1. The zero-order valence-corrected chi connectivity index (χ0v) is 17.2. The summed E-state index contributed by atoms with van der Waals surface area (Å²) in [5, 5.41) is 19.1. The molecule has 0 spiro atoms. The Hall–Kier alpha value is -4.24. The molecule has 6 heteroatoms. The highest BCUT2D eigenvalue weighted by Crippen LogP contribution is 2.35. The molecule has 5 rings (SSSR count). The quantitative estimate of drug-likeness (QED) is 0.429. The van der Waals surface area contributed by atoms with Gasteiger partial charge in [-0.1, -0.05) is 30.3 Å². The Bertz CT molecular complexity index is 1470. The molecule has 0 saturated carbocycles. The summed E-state index contributed by atoms with van der Waals surface area (Å²) in [4.78, 5) is 8.79. The summed E-state index contributed by atoms with van der Waals surface area (Å²) in [6, 6.07) is 18.4. The Morgan fingerprint density at radius 3 is 2.45 bits per heavy atom. The molecule has 0 amide bonds. The van der Waals surface area contributed by atoms with E-state index in [9.17, 15) is 5.26 Å². The van der Waals surface area contributed by atoms with Crippen LogP contribution in [0.15, 0.2) is 67.1 Å². The molecule has 0 atom stereocenters. The standard InChI is InChI=1S/C25H20N6/c1-25(2,14-26)18-6-3-15(4-7-18)24-23-20-10-16(17-9-19(27)12-28-11-17)5-8-21(20)29-13-22(23)30-31-24/h3-13H,27H2,1-2H3,(H,30,31). The molecule has 0 saturated heterocycles. The first-order valence-corrected chi connectivity index (χ1v) is 9.96. The van der Waals surface area contributed by atoms with Crippen LogP contribution in [0.1, 0.15) is 19.4 Å². The molecule has 3 aromatic heterocycles. The molecule has 0 aliphatic rings. The molecule has 0 fully saturated rings. The van der Waals surface area contributed by atoms with E-state index >= 15 is 0 Å². The fourth-order valence-electron chi connectivity index (χ4n) is 3.82. The molecule has 0 unspecified atom stereocenters. The maximum absolute atomic E-state index is 9.41. The number of nitrogens with two attached hydrogens (primary N) is 1. The topological polar surface area (TPSA) is 104 Å². The van der Waals surface area contributed by atoms with Crippen molar-refractivity contribution in [3.63, 3.8) is 0 Å². The van der Waals surface area contributed by atoms with E-state index < -0.39 is 5.41 Å². The Morgan fingerprint density at radius 2 is 1.71 bits per heavy atom. The molecule has 0 radical (unpaired) electrons. The molecule has 0 aliphatic carbocycles. The third-order valence-electron chi connectivity index (χ3n) is 5.65. The van der Waals surface area contributed by atoms with E-state index in [1.165, 1.54) is 0 Å². The lowest BCUT2D eigenvalue weighted by Gasteiger charge is -2.15. The van der Waals surface area contributed by atoms with Crippen molar-refractivity contribution in [1.29, 1.82) is 5.26 Å². The number of rotatable bonds is 3. The number of H-pyrrole nitrogens is 1. The minimum absolute atomic E-state index is 0.538. The lowest BCUT2D eigenvalue weighted by Crippen LogP contribution is -2.13. The van der Waals surface area contributed by atoms with E-state index in [4.69, 9.17) is 5.73 Å². The number of nitrogen functional groups attached to an aromatic ring is 1. The van der Waals surface area contributed by atoms with Gasteiger partial charge < -0.3 is 5.73 Å². The second-order valence-electron chi connectivity index (χ2n) is 8.17. The van der Waals surface area contributed by atoms with Gasteiger partial charge in [0.25, 0.3) is 0 Å². The maximum Gasteiger partial charge on any atom is 0.101 e. The fraction of sp³-hybridized carbons (Fsp3) is 0.120. The van der Waals surface area contributed by atoms with Crippen molar-refractivity contribution < 1.29 is 0 Å². The molecular weight excluding hydrogens is 384 g/mol. The van der Waals surface area contributed by atoms with Crippen LogP contribution in [-0.2, 0) is 5.41 Å². The predicted molar refractivity (Wildman–Crippen MR) is 123 cm³/mol. The van der Waals surface area contributed by atoms with Gasteiger partial charge in [0.2, 0.25) is 0 Å². The second kappa shape index (κ2) is 6.92. The van der Waals surface area contributed by atoms with E-state index in [1.54, 1.807) is 12.4 Å². The number of benzene rings is 2. The number of aromatic nitrogens is 4. The average Bonchev–Trinajstić information content (AvgIpc) is 3.23. The number of aromatic amines is 1. The fourth-order valence-corrected chi connectivity index (χ4v) is 3.82. The predicted octanol–water partition coefficient (Wildman–Crippen LogP) is 5.22. The molecule has 3 N–H and O–H groups in total. The number of nitrogens with one attached hydrogen (secondary N) is 1. The van der Waals surface area contributed by atoms with Crippen molar-refractivity contribution >= 4 is 27.5 Å². The van der Waals surface area contributed by atoms with E-state index in [1.807, 2.05) is 62.5 Å². The normalized spacial score (nSPS) is 11.6. The molecule has 0 bridgehead atoms. The Balaban J connectivity index is 1.70. The van der Waals surface area contributed by atoms with Gasteiger partial charge in [0.15, 0.2) is 0 Å². The third kappa shape index (κ3) is 3.17. The first-order valence-electron chi connectivity index (χ1n) is 9.96. The SMILES string of the molecule is CC(C)(C#N)c1ccc(-c2n[nH]c3cnc4ccc(-c5cncc(N)c5)cc4c23)cc1. The van der Waals surface area contributed by atoms with Crippen LogP contribution in [0.2, 0.25) is 0 Å². The van der Waals surface area contributed by atoms with Crippen LogP contribution in [0.4, 0.5) is 5.69 Å². The third-order valence-corrected chi connectivity index (χ3v) is 5.65. The van der Waals surface area contributed by atoms with Gasteiger partial charge >= 0.3 is 0 Å². The van der Waals surface area contributed by atoms with Crippen LogP contribution >= 0.6 is 0 Å². The largest absolute Gasteiger partial charge is 0.397 e. The average molecular weight is 404 g/mol. The zero-order chi connectivity index (χ0) is 21.6. The van der Waals surface area contributed by atoms with Gasteiger partial charge in [-0.3, -0.25) is 15.1 Å². The van der Waals surface area contributed by atoms with Gasteiger partial charge in [-0.25, -0.2) is 0 Å². The van der Waals surface area contributed by atoms with Crippen molar-refractivity contribution in [1.82, 2.24) is 20.2 Å². The monoisotopic (exact) mass is 404 g/mol. The van der Waals surface area contributed by atoms with E-state index in [-0.39, 0.29) is 0 Å². The molecule has 150 valence electrons. The van der Waals surface area contributed by atoms with Crippen LogP contribution in [0, 0.1) is 11.3 Å². The van der Waals surface area contributed by atoms with Gasteiger partial charge in [0.05, 0.1) is 34.4 Å². The lowest BCUT2D eigenvalue weighted by molar-refractivity contribution is 0.687. The van der Waals surface area contributed by atoms with E-state index in [2.05, 4.69) is 32.3 Å². The van der Waals surface area contributed by atoms with E-state index in [0.29, 0.717) is 5.69 Å². The van der Waals surface area contributed by atoms with Gasteiger partial charge in [-0.15, -0.1) is 0 Å². The first kappa shape index (κ1) is 18.8. The summed E-state index contributed by atoms with van der Waals surface area (Å²) in [5.41, 5.74) is 12.5. The summed E-state index contributed by atoms with van der Waals surface area (Å²) in [5.74, 6) is 0. The minimum Gasteiger partial charge on any atom is -0.397 e. The molecule has 31 heavy (non-hydrogen) atoms. The van der Waals surface area contributed by atoms with Crippen LogP contribution in [0.3, 0.4) is 0 Å². The Labute approximate surface area is 179 Å². The highest BCUT2D eigenvalue weighted by atomic mass is 15.1.